The molecule has 2 heterocycles. The quantitative estimate of drug-likeness (QED) is 0.760. The Kier molecular flexibility index (Phi) is 4.68. The topological polar surface area (TPSA) is 52.0 Å². The third kappa shape index (κ3) is 3.57. The van der Waals surface area contributed by atoms with Crippen LogP contribution in [0.25, 0.3) is 5.69 Å². The van der Waals surface area contributed by atoms with Gasteiger partial charge in [0.1, 0.15) is 5.75 Å². The van der Waals surface area contributed by atoms with Gasteiger partial charge < -0.3 is 10.1 Å². The Hall–Kier alpha value is -2.66. The van der Waals surface area contributed by atoms with E-state index in [1.54, 1.807) is 19.5 Å². The highest BCUT2D eigenvalue weighted by Gasteiger charge is 2.11. The average Bonchev–Trinajstić information content (AvgIpc) is 3.14. The third-order valence-corrected chi connectivity index (χ3v) is 3.77. The molecule has 5 heteroatoms. The van der Waals surface area contributed by atoms with Gasteiger partial charge in [0.2, 0.25) is 0 Å². The van der Waals surface area contributed by atoms with Crippen molar-refractivity contribution in [2.24, 2.45) is 0 Å². The predicted molar refractivity (Wildman–Crippen MR) is 89.6 cm³/mol. The summed E-state index contributed by atoms with van der Waals surface area (Å²) < 4.78 is 7.12. The zero-order chi connectivity index (χ0) is 16.1. The number of para-hydroxylation sites is 1. The maximum absolute atomic E-state index is 5.23. The van der Waals surface area contributed by atoms with E-state index < -0.39 is 0 Å². The molecule has 0 amide bonds. The van der Waals surface area contributed by atoms with Crippen LogP contribution in [0.2, 0.25) is 0 Å². The molecule has 3 rings (SSSR count). The van der Waals surface area contributed by atoms with Crippen LogP contribution in [-0.2, 0) is 6.54 Å². The molecule has 1 aromatic carbocycles. The van der Waals surface area contributed by atoms with Crippen molar-refractivity contribution >= 4 is 0 Å². The summed E-state index contributed by atoms with van der Waals surface area (Å²) in [5.41, 5.74) is 3.22. The molecule has 0 bridgehead atoms. The molecule has 23 heavy (non-hydrogen) atoms. The van der Waals surface area contributed by atoms with Crippen LogP contribution in [0.15, 0.2) is 61.1 Å². The lowest BCUT2D eigenvalue weighted by Crippen LogP contribution is -2.20. The molecule has 0 aliphatic heterocycles. The highest BCUT2D eigenvalue weighted by Crippen LogP contribution is 2.21. The number of hydrogen-bond acceptors (Lipinski definition) is 4. The number of hydrogen-bond donors (Lipinski definition) is 1. The van der Waals surface area contributed by atoms with Crippen molar-refractivity contribution in [3.8, 4) is 11.4 Å². The van der Waals surface area contributed by atoms with Gasteiger partial charge in [-0.25, -0.2) is 4.68 Å². The molecular weight excluding hydrogens is 288 g/mol. The molecule has 1 N–H and O–H groups in total. The van der Waals surface area contributed by atoms with Crippen LogP contribution in [0.4, 0.5) is 0 Å². The minimum atomic E-state index is 0.170. The summed E-state index contributed by atoms with van der Waals surface area (Å²) in [5.74, 6) is 0.821. The zero-order valence-corrected chi connectivity index (χ0v) is 13.3. The molecule has 2 aromatic heterocycles. The van der Waals surface area contributed by atoms with Crippen LogP contribution >= 0.6 is 0 Å². The molecule has 1 atom stereocenters. The Morgan fingerprint density at radius 1 is 1.17 bits per heavy atom. The first-order valence-corrected chi connectivity index (χ1v) is 7.59. The largest absolute Gasteiger partial charge is 0.497 e. The summed E-state index contributed by atoms with van der Waals surface area (Å²) in [4.78, 5) is 4.37. The van der Waals surface area contributed by atoms with E-state index in [1.807, 2.05) is 41.2 Å². The fourth-order valence-electron chi connectivity index (χ4n) is 2.52. The molecule has 0 fully saturated rings. The number of rotatable bonds is 6. The van der Waals surface area contributed by atoms with Crippen molar-refractivity contribution in [2.75, 3.05) is 7.11 Å². The minimum absolute atomic E-state index is 0.170. The van der Waals surface area contributed by atoms with Gasteiger partial charge in [0.15, 0.2) is 0 Å². The van der Waals surface area contributed by atoms with Gasteiger partial charge in [0.05, 0.1) is 18.5 Å². The Balaban J connectivity index is 1.75. The SMILES string of the molecule is COc1ccnc(CN[C@H](C)c2ccccc2-n2cccn2)c1. The first kappa shape index (κ1) is 15.2. The Bertz CT molecular complexity index is 755. The van der Waals surface area contributed by atoms with Gasteiger partial charge in [0.25, 0.3) is 0 Å². The van der Waals surface area contributed by atoms with E-state index in [9.17, 15) is 0 Å². The number of benzene rings is 1. The van der Waals surface area contributed by atoms with Crippen LogP contribution in [0.1, 0.15) is 24.2 Å². The normalized spacial score (nSPS) is 12.1. The van der Waals surface area contributed by atoms with Gasteiger partial charge >= 0.3 is 0 Å². The van der Waals surface area contributed by atoms with Gasteiger partial charge in [-0.05, 0) is 30.7 Å². The van der Waals surface area contributed by atoms with Crippen molar-refractivity contribution in [1.82, 2.24) is 20.1 Å². The monoisotopic (exact) mass is 308 g/mol. The molecular formula is C18H20N4O. The molecule has 0 saturated carbocycles. The summed E-state index contributed by atoms with van der Waals surface area (Å²) in [7, 11) is 1.66. The third-order valence-electron chi connectivity index (χ3n) is 3.77. The standard InChI is InChI=1S/C18H20N4O/c1-14(20-13-15-12-16(23-2)8-10-19-15)17-6-3-4-7-18(17)22-11-5-9-21-22/h3-12,14,20H,13H2,1-2H3/t14-/m1/s1. The number of nitrogens with zero attached hydrogens (tertiary/aromatic N) is 3. The second-order valence-electron chi connectivity index (χ2n) is 5.30. The van der Waals surface area contributed by atoms with Crippen LogP contribution < -0.4 is 10.1 Å². The van der Waals surface area contributed by atoms with E-state index in [2.05, 4.69) is 34.5 Å². The Labute approximate surface area is 135 Å². The molecule has 118 valence electrons. The van der Waals surface area contributed by atoms with E-state index in [0.717, 1.165) is 17.1 Å². The highest BCUT2D eigenvalue weighted by atomic mass is 16.5. The van der Waals surface area contributed by atoms with Crippen molar-refractivity contribution in [2.45, 2.75) is 19.5 Å². The van der Waals surface area contributed by atoms with E-state index in [1.165, 1.54) is 5.56 Å². The lowest BCUT2D eigenvalue weighted by molar-refractivity contribution is 0.413. The van der Waals surface area contributed by atoms with Crippen LogP contribution in [-0.4, -0.2) is 21.9 Å². The minimum Gasteiger partial charge on any atom is -0.497 e. The van der Waals surface area contributed by atoms with Crippen molar-refractivity contribution in [1.29, 1.82) is 0 Å². The molecule has 0 unspecified atom stereocenters. The first-order chi connectivity index (χ1) is 11.3. The lowest BCUT2D eigenvalue weighted by Gasteiger charge is -2.18. The van der Waals surface area contributed by atoms with Gasteiger partial charge in [0, 0.05) is 37.2 Å². The van der Waals surface area contributed by atoms with Crippen LogP contribution in [0, 0.1) is 0 Å². The highest BCUT2D eigenvalue weighted by molar-refractivity contribution is 5.42. The molecule has 0 saturated heterocycles. The molecule has 0 radical (unpaired) electrons. The number of nitrogens with one attached hydrogen (secondary N) is 1. The molecule has 0 aliphatic carbocycles. The molecule has 5 nitrogen and oxygen atoms in total. The molecule has 0 aliphatic rings. The zero-order valence-electron chi connectivity index (χ0n) is 13.3. The summed E-state index contributed by atoms with van der Waals surface area (Å²) in [5, 5.41) is 7.84. The summed E-state index contributed by atoms with van der Waals surface area (Å²) in [6.45, 7) is 2.81. The fraction of sp³-hybridized carbons (Fsp3) is 0.222. The first-order valence-electron chi connectivity index (χ1n) is 7.59. The van der Waals surface area contributed by atoms with Gasteiger partial charge in [-0.2, -0.15) is 5.10 Å². The van der Waals surface area contributed by atoms with Gasteiger partial charge in [-0.1, -0.05) is 18.2 Å². The van der Waals surface area contributed by atoms with Crippen molar-refractivity contribution in [3.63, 3.8) is 0 Å². The summed E-state index contributed by atoms with van der Waals surface area (Å²) in [6.07, 6.45) is 5.50. The fourth-order valence-corrected chi connectivity index (χ4v) is 2.52. The maximum atomic E-state index is 5.23. The van der Waals surface area contributed by atoms with Crippen molar-refractivity contribution < 1.29 is 4.74 Å². The van der Waals surface area contributed by atoms with E-state index in [-0.39, 0.29) is 6.04 Å². The Morgan fingerprint density at radius 3 is 2.83 bits per heavy atom. The van der Waals surface area contributed by atoms with E-state index in [4.69, 9.17) is 4.74 Å². The van der Waals surface area contributed by atoms with Gasteiger partial charge in [-0.15, -0.1) is 0 Å². The summed E-state index contributed by atoms with van der Waals surface area (Å²) >= 11 is 0. The second kappa shape index (κ2) is 7.07. The number of pyridine rings is 1. The smallest absolute Gasteiger partial charge is 0.122 e. The van der Waals surface area contributed by atoms with Crippen molar-refractivity contribution in [3.05, 3.63) is 72.3 Å². The number of ether oxygens (including phenoxy) is 1. The maximum Gasteiger partial charge on any atom is 0.122 e. The van der Waals surface area contributed by atoms with E-state index in [0.29, 0.717) is 6.54 Å². The number of methoxy groups -OCH3 is 1. The van der Waals surface area contributed by atoms with E-state index >= 15 is 0 Å². The van der Waals surface area contributed by atoms with Crippen LogP contribution in [0.3, 0.4) is 0 Å². The lowest BCUT2D eigenvalue weighted by atomic mass is 10.1. The Morgan fingerprint density at radius 2 is 2.04 bits per heavy atom. The number of aromatic nitrogens is 3. The van der Waals surface area contributed by atoms with Crippen LogP contribution in [0.5, 0.6) is 5.75 Å². The predicted octanol–water partition coefficient (Wildman–Crippen LogP) is 3.13. The second-order valence-corrected chi connectivity index (χ2v) is 5.30. The molecule has 3 aromatic rings. The average molecular weight is 308 g/mol. The molecule has 0 spiro atoms. The van der Waals surface area contributed by atoms with Gasteiger partial charge in [-0.3, -0.25) is 4.98 Å². The summed E-state index contributed by atoms with van der Waals surface area (Å²) in [6, 6.07) is 14.1.